The smallest absolute Gasteiger partial charge is 0.0814 e. The standard InChI is InChI=1S/H2O3S.W.H2/c1-4(2)3;;/h(H2,1,2,3);;1H/p-1. The molecule has 1 N–H and O–H groups in total. The van der Waals surface area contributed by atoms with E-state index in [0.29, 0.717) is 0 Å². The Kier molecular flexibility index (Phi) is 8.78. The first-order valence-electron chi connectivity index (χ1n) is 0.516. The second kappa shape index (κ2) is 4.76. The van der Waals surface area contributed by atoms with Crippen molar-refractivity contribution in [2.45, 2.75) is 0 Å². The molecule has 0 bridgehead atoms. The average Bonchev–Trinajstić information content (AvgIpc) is 0.811. The molecule has 0 aliphatic heterocycles. The zero-order valence-electron chi connectivity index (χ0n) is 2.08. The van der Waals surface area contributed by atoms with Gasteiger partial charge in [0.15, 0.2) is 0 Å². The van der Waals surface area contributed by atoms with Crippen LogP contribution in [-0.2, 0) is 32.4 Å². The van der Waals surface area contributed by atoms with Gasteiger partial charge in [-0.1, -0.05) is 0 Å². The zero-order chi connectivity index (χ0) is 3.58. The molecule has 5 heteroatoms. The summed E-state index contributed by atoms with van der Waals surface area (Å²) in [6.07, 6.45) is 0. The van der Waals surface area contributed by atoms with E-state index >= 15 is 0 Å². The van der Waals surface area contributed by atoms with Crippen LogP contribution in [0.25, 0.3) is 0 Å². The van der Waals surface area contributed by atoms with Gasteiger partial charge in [0.2, 0.25) is 0 Å². The Morgan fingerprint density at radius 3 is 2.00 bits per heavy atom. The van der Waals surface area contributed by atoms with Gasteiger partial charge in [-0.25, -0.2) is 4.21 Å². The van der Waals surface area contributed by atoms with Gasteiger partial charge in [-0.2, -0.15) is 0 Å². The van der Waals surface area contributed by atoms with Crippen LogP contribution in [-0.4, -0.2) is 13.3 Å². The predicted octanol–water partition coefficient (Wildman–Crippen LogP) is -0.418. The van der Waals surface area contributed by atoms with Crippen LogP contribution >= 0.6 is 0 Å². The number of hydrogen-bond donors (Lipinski definition) is 1. The van der Waals surface area contributed by atoms with E-state index in [4.69, 9.17) is 13.3 Å². The van der Waals surface area contributed by atoms with Crippen LogP contribution < -0.4 is 0 Å². The Bertz CT molecular complexity index is 33.8. The van der Waals surface area contributed by atoms with Crippen molar-refractivity contribution < 1.29 is 35.8 Å². The third-order valence-corrected chi connectivity index (χ3v) is 0. The Hall–Kier alpha value is 0.758. The van der Waals surface area contributed by atoms with Crippen LogP contribution in [0, 0.1) is 0 Å². The Labute approximate surface area is 47.6 Å². The summed E-state index contributed by atoms with van der Waals surface area (Å²) in [5, 5.41) is 0. The zero-order valence-corrected chi connectivity index (χ0v) is 5.83. The molecule has 0 rings (SSSR count). The Balaban J connectivity index is -0.0000000450. The molecule has 0 radical (unpaired) electrons. The van der Waals surface area contributed by atoms with Gasteiger partial charge in [0.1, 0.15) is 0 Å². The minimum absolute atomic E-state index is 0. The molecule has 0 aromatic rings. The van der Waals surface area contributed by atoms with Crippen molar-refractivity contribution in [1.82, 2.24) is 0 Å². The van der Waals surface area contributed by atoms with E-state index < -0.39 is 11.4 Å². The topological polar surface area (TPSA) is 60.4 Å². The molecule has 0 spiro atoms. The molecule has 0 aliphatic carbocycles. The fourth-order valence-corrected chi connectivity index (χ4v) is 0. The second-order valence-corrected chi connectivity index (χ2v) is 0.651. The van der Waals surface area contributed by atoms with Crippen LogP contribution in [0.1, 0.15) is 1.43 Å². The van der Waals surface area contributed by atoms with Gasteiger partial charge < -0.3 is 9.11 Å². The van der Waals surface area contributed by atoms with Gasteiger partial charge in [0.05, 0.1) is 11.4 Å². The number of hydrogen-bond acceptors (Lipinski definition) is 2. The average molecular weight is 267 g/mol. The summed E-state index contributed by atoms with van der Waals surface area (Å²) in [4.78, 5) is 0. The van der Waals surface area contributed by atoms with Crippen LogP contribution in [0.2, 0.25) is 0 Å². The van der Waals surface area contributed by atoms with Gasteiger partial charge in [0.25, 0.3) is 0 Å². The first-order chi connectivity index (χ1) is 1.73. The summed E-state index contributed by atoms with van der Waals surface area (Å²) in [6.45, 7) is 0. The summed E-state index contributed by atoms with van der Waals surface area (Å²) in [5.74, 6) is 0. The minimum atomic E-state index is -2.86. The van der Waals surface area contributed by atoms with Crippen LogP contribution in [0.4, 0.5) is 0 Å². The van der Waals surface area contributed by atoms with Crippen LogP contribution in [0.3, 0.4) is 0 Å². The van der Waals surface area contributed by atoms with Crippen LogP contribution in [0.15, 0.2) is 0 Å². The van der Waals surface area contributed by atoms with Gasteiger partial charge in [0, 0.05) is 22.5 Å². The van der Waals surface area contributed by atoms with Crippen molar-refractivity contribution in [3.05, 3.63) is 0 Å². The van der Waals surface area contributed by atoms with Crippen molar-refractivity contribution >= 4 is 11.4 Å². The minimum Gasteiger partial charge on any atom is -0.750 e. The van der Waals surface area contributed by atoms with Gasteiger partial charge in [-0.15, -0.1) is 0 Å². The molecule has 0 fully saturated rings. The van der Waals surface area contributed by atoms with Crippen molar-refractivity contribution in [2.75, 3.05) is 0 Å². The number of rotatable bonds is 0. The Morgan fingerprint density at radius 2 is 2.00 bits per heavy atom. The SMILES string of the molecule is O=S([O-])O.[HH].[W]. The van der Waals surface area contributed by atoms with E-state index in [1.165, 1.54) is 0 Å². The molecule has 5 heavy (non-hydrogen) atoms. The fourth-order valence-electron chi connectivity index (χ4n) is 0. The summed E-state index contributed by atoms with van der Waals surface area (Å²) in [7, 11) is 0. The molecule has 0 saturated heterocycles. The molecule has 1 atom stereocenters. The molecule has 0 amide bonds. The molecular weight excluding hydrogens is 264 g/mol. The summed E-state index contributed by atoms with van der Waals surface area (Å²) >= 11 is -2.86. The van der Waals surface area contributed by atoms with E-state index in [1.807, 2.05) is 0 Å². The fraction of sp³-hybridized carbons (Fsp3) is 0. The first-order valence-corrected chi connectivity index (χ1v) is 1.55. The maximum absolute atomic E-state index is 8.56. The van der Waals surface area contributed by atoms with Crippen molar-refractivity contribution in [2.24, 2.45) is 0 Å². The second-order valence-electron chi connectivity index (χ2n) is 0.217. The van der Waals surface area contributed by atoms with Gasteiger partial charge in [-0.3, -0.25) is 0 Å². The van der Waals surface area contributed by atoms with Crippen molar-refractivity contribution in [3.8, 4) is 0 Å². The van der Waals surface area contributed by atoms with E-state index in [2.05, 4.69) is 0 Å². The Morgan fingerprint density at radius 1 is 2.00 bits per heavy atom. The third-order valence-electron chi connectivity index (χ3n) is 0. The molecule has 3 nitrogen and oxygen atoms in total. The van der Waals surface area contributed by atoms with E-state index in [-0.39, 0.29) is 22.5 Å². The molecule has 0 aromatic heterocycles. The quantitative estimate of drug-likeness (QED) is 0.606. The van der Waals surface area contributed by atoms with Crippen molar-refractivity contribution in [1.29, 1.82) is 0 Å². The molecule has 0 aromatic carbocycles. The maximum Gasteiger partial charge on any atom is 0.0814 e. The summed E-state index contributed by atoms with van der Waals surface area (Å²) in [5.41, 5.74) is 0. The van der Waals surface area contributed by atoms with E-state index in [0.717, 1.165) is 0 Å². The molecule has 0 saturated carbocycles. The predicted molar refractivity (Wildman–Crippen MR) is 13.7 cm³/mol. The normalized spacial score (nSPS) is 12.4. The largest absolute Gasteiger partial charge is 0.750 e. The van der Waals surface area contributed by atoms with Crippen LogP contribution in [0.5, 0.6) is 0 Å². The molecule has 34 valence electrons. The summed E-state index contributed by atoms with van der Waals surface area (Å²) in [6, 6.07) is 0. The summed E-state index contributed by atoms with van der Waals surface area (Å²) < 4.78 is 24.1. The monoisotopic (exact) mass is 267 g/mol. The molecular formula is H3O3SW-. The maximum atomic E-state index is 8.56. The first kappa shape index (κ1) is 9.23. The van der Waals surface area contributed by atoms with E-state index in [9.17, 15) is 0 Å². The van der Waals surface area contributed by atoms with E-state index in [1.54, 1.807) is 0 Å². The molecule has 0 aliphatic rings. The molecule has 0 heterocycles. The third kappa shape index (κ3) is 63.0. The van der Waals surface area contributed by atoms with Crippen molar-refractivity contribution in [3.63, 3.8) is 0 Å². The van der Waals surface area contributed by atoms with Gasteiger partial charge in [-0.05, 0) is 0 Å². The van der Waals surface area contributed by atoms with Gasteiger partial charge >= 0.3 is 0 Å². The molecule has 1 unspecified atom stereocenters.